The molecule has 0 heterocycles. The maximum atomic E-state index is 12.4. The third-order valence-electron chi connectivity index (χ3n) is 3.47. The van der Waals surface area contributed by atoms with Crippen LogP contribution < -0.4 is 10.2 Å². The highest BCUT2D eigenvalue weighted by Crippen LogP contribution is 2.24. The summed E-state index contributed by atoms with van der Waals surface area (Å²) in [5, 5.41) is 0. The fourth-order valence-electron chi connectivity index (χ4n) is 2.42. The third-order valence-corrected chi connectivity index (χ3v) is 3.47. The minimum atomic E-state index is 0.227. The smallest absolute Gasteiger partial charge is 0.166 e. The van der Waals surface area contributed by atoms with Crippen LogP contribution in [-0.4, -0.2) is 20.7 Å². The predicted molar refractivity (Wildman–Crippen MR) is 83.6 cm³/mol. The Hall–Kier alpha value is -1.25. The van der Waals surface area contributed by atoms with E-state index in [1.54, 1.807) is 7.11 Å². The number of rotatable bonds is 8. The Morgan fingerprint density at radius 3 is 2.53 bits per heavy atom. The molecule has 0 atom stereocenters. The van der Waals surface area contributed by atoms with E-state index in [1.165, 1.54) is 12.8 Å². The van der Waals surface area contributed by atoms with Gasteiger partial charge in [0.05, 0.1) is 12.7 Å². The van der Waals surface area contributed by atoms with Crippen LogP contribution in [-0.2, 0) is 6.42 Å². The lowest BCUT2D eigenvalue weighted by atomic mass is 9.88. The van der Waals surface area contributed by atoms with E-state index in [4.69, 9.17) is 4.74 Å². The number of Topliss-reactive ketones (excluding diaryl/α,β-unsaturated/α-hetero) is 1. The van der Waals surface area contributed by atoms with Gasteiger partial charge in [-0.25, -0.2) is 0 Å². The molecule has 104 valence electrons. The van der Waals surface area contributed by atoms with Crippen LogP contribution in [0.5, 0.6) is 5.75 Å². The molecule has 0 aliphatic heterocycles. The Labute approximate surface area is 118 Å². The first-order valence-electron chi connectivity index (χ1n) is 7.34. The highest BCUT2D eigenvalue weighted by Gasteiger charge is 2.16. The molecule has 0 bridgehead atoms. The van der Waals surface area contributed by atoms with Crippen molar-refractivity contribution in [1.82, 2.24) is 0 Å². The van der Waals surface area contributed by atoms with Gasteiger partial charge in [0.2, 0.25) is 0 Å². The highest BCUT2D eigenvalue weighted by atomic mass is 16.5. The van der Waals surface area contributed by atoms with Crippen LogP contribution >= 0.6 is 0 Å². The van der Waals surface area contributed by atoms with Crippen molar-refractivity contribution in [2.45, 2.75) is 52.4 Å². The van der Waals surface area contributed by atoms with Gasteiger partial charge in [0.1, 0.15) is 13.6 Å². The fourth-order valence-corrected chi connectivity index (χ4v) is 2.42. The first kappa shape index (κ1) is 15.8. The van der Waals surface area contributed by atoms with Gasteiger partial charge in [0, 0.05) is 6.42 Å². The third kappa shape index (κ3) is 4.41. The number of ether oxygens (including phenoxy) is 1. The molecule has 1 aromatic carbocycles. The van der Waals surface area contributed by atoms with Crippen molar-refractivity contribution in [2.75, 3.05) is 7.11 Å². The van der Waals surface area contributed by atoms with Crippen molar-refractivity contribution in [3.63, 3.8) is 0 Å². The Morgan fingerprint density at radius 2 is 1.95 bits per heavy atom. The number of hydrogen-bond acceptors (Lipinski definition) is 2. The van der Waals surface area contributed by atoms with Crippen molar-refractivity contribution in [1.29, 1.82) is 0 Å². The lowest BCUT2D eigenvalue weighted by molar-refractivity contribution is 0.0975. The van der Waals surface area contributed by atoms with E-state index in [9.17, 15) is 4.79 Å². The zero-order chi connectivity index (χ0) is 14.3. The number of carbonyl (C=O) groups excluding carboxylic acids is 1. The number of benzene rings is 1. The second-order valence-corrected chi connectivity index (χ2v) is 5.09. The average Bonchev–Trinajstić information content (AvgIpc) is 2.42. The van der Waals surface area contributed by atoms with Crippen LogP contribution in [0.25, 0.3) is 0 Å². The summed E-state index contributed by atoms with van der Waals surface area (Å²) >= 11 is 0. The maximum absolute atomic E-state index is 12.4. The van der Waals surface area contributed by atoms with E-state index in [2.05, 4.69) is 19.9 Å². The molecule has 2 nitrogen and oxygen atoms in total. The molecule has 0 saturated heterocycles. The first-order valence-corrected chi connectivity index (χ1v) is 7.34. The highest BCUT2D eigenvalue weighted by molar-refractivity contribution is 6.32. The topological polar surface area (TPSA) is 26.3 Å². The van der Waals surface area contributed by atoms with Gasteiger partial charge >= 0.3 is 0 Å². The van der Waals surface area contributed by atoms with Crippen molar-refractivity contribution in [2.24, 2.45) is 0 Å². The van der Waals surface area contributed by atoms with Gasteiger partial charge in [-0.05, 0) is 24.5 Å². The zero-order valence-electron chi connectivity index (χ0n) is 12.7. The van der Waals surface area contributed by atoms with E-state index in [0.717, 1.165) is 41.6 Å². The molecule has 0 fully saturated rings. The Kier molecular flexibility index (Phi) is 6.68. The molecule has 0 spiro atoms. The van der Waals surface area contributed by atoms with Crippen LogP contribution in [0.3, 0.4) is 0 Å². The molecule has 0 aliphatic carbocycles. The van der Waals surface area contributed by atoms with Crippen molar-refractivity contribution in [3.05, 3.63) is 23.3 Å². The van der Waals surface area contributed by atoms with E-state index in [0.29, 0.717) is 6.42 Å². The fraction of sp³-hybridized carbons (Fsp3) is 0.562. The lowest BCUT2D eigenvalue weighted by Crippen LogP contribution is -2.12. The Balaban J connectivity index is 2.88. The number of unbranched alkanes of at least 4 members (excludes halogenated alkanes) is 3. The Morgan fingerprint density at radius 1 is 1.21 bits per heavy atom. The van der Waals surface area contributed by atoms with Gasteiger partial charge in [-0.1, -0.05) is 44.6 Å². The predicted octanol–water partition coefficient (Wildman–Crippen LogP) is 2.67. The minimum absolute atomic E-state index is 0.227. The molecule has 3 heteroatoms. The van der Waals surface area contributed by atoms with Crippen LogP contribution in [0.4, 0.5) is 0 Å². The summed E-state index contributed by atoms with van der Waals surface area (Å²) in [7, 11) is 3.68. The summed E-state index contributed by atoms with van der Waals surface area (Å²) in [6.07, 6.45) is 6.02. The van der Waals surface area contributed by atoms with E-state index < -0.39 is 0 Å². The summed E-state index contributed by atoms with van der Waals surface area (Å²) < 4.78 is 5.40. The number of methoxy groups -OCH3 is 1. The molecule has 0 aromatic heterocycles. The molecular formula is C16H25BO2. The van der Waals surface area contributed by atoms with E-state index >= 15 is 0 Å². The molecule has 0 radical (unpaired) electrons. The maximum Gasteiger partial charge on any atom is 0.166 e. The Bertz CT molecular complexity index is 402. The van der Waals surface area contributed by atoms with Crippen LogP contribution in [0.2, 0.25) is 0 Å². The molecule has 1 rings (SSSR count). The molecule has 1 aromatic rings. The molecule has 0 saturated carbocycles. The molecule has 19 heavy (non-hydrogen) atoms. The summed E-state index contributed by atoms with van der Waals surface area (Å²) in [4.78, 5) is 12.4. The monoisotopic (exact) mass is 260 g/mol. The van der Waals surface area contributed by atoms with Crippen LogP contribution in [0, 0.1) is 0 Å². The van der Waals surface area contributed by atoms with Gasteiger partial charge in [-0.2, -0.15) is 0 Å². The first-order chi connectivity index (χ1) is 9.13. The minimum Gasteiger partial charge on any atom is -0.496 e. The average molecular weight is 260 g/mol. The van der Waals surface area contributed by atoms with Crippen molar-refractivity contribution < 1.29 is 9.53 Å². The molecule has 0 unspecified atom stereocenters. The summed E-state index contributed by atoms with van der Waals surface area (Å²) in [5.74, 6) is 0.960. The van der Waals surface area contributed by atoms with E-state index in [1.807, 2.05) is 13.9 Å². The molecular weight excluding hydrogens is 235 g/mol. The molecule has 0 aliphatic rings. The van der Waals surface area contributed by atoms with Gasteiger partial charge < -0.3 is 4.74 Å². The van der Waals surface area contributed by atoms with Gasteiger partial charge in [-0.3, -0.25) is 4.79 Å². The van der Waals surface area contributed by atoms with Crippen LogP contribution in [0.1, 0.15) is 61.9 Å². The number of carbonyl (C=O) groups is 1. The largest absolute Gasteiger partial charge is 0.496 e. The number of aryl methyl sites for hydroxylation is 1. The number of ketones is 1. The summed E-state index contributed by atoms with van der Waals surface area (Å²) in [5.41, 5.74) is 3.06. The lowest BCUT2D eigenvalue weighted by Gasteiger charge is -2.13. The van der Waals surface area contributed by atoms with Gasteiger partial charge in [0.25, 0.3) is 0 Å². The van der Waals surface area contributed by atoms with Gasteiger partial charge in [-0.15, -0.1) is 0 Å². The van der Waals surface area contributed by atoms with Crippen molar-refractivity contribution >= 4 is 19.1 Å². The standard InChI is InChI=1S/C16H25BO2/c1-4-6-7-8-9-14(18)16-12(5-2)10-13(17)11-15(16)19-3/h10-11H,4-9,17H2,1-3H3. The zero-order valence-corrected chi connectivity index (χ0v) is 12.7. The number of hydrogen-bond donors (Lipinski definition) is 0. The summed E-state index contributed by atoms with van der Waals surface area (Å²) in [6.45, 7) is 4.27. The SMILES string of the molecule is Bc1cc(CC)c(C(=O)CCCCCC)c(OC)c1. The van der Waals surface area contributed by atoms with Crippen LogP contribution in [0.15, 0.2) is 12.1 Å². The van der Waals surface area contributed by atoms with Crippen molar-refractivity contribution in [3.8, 4) is 5.75 Å². The molecule has 0 N–H and O–H groups in total. The summed E-state index contributed by atoms with van der Waals surface area (Å²) in [6, 6.07) is 4.06. The second kappa shape index (κ2) is 8.03. The van der Waals surface area contributed by atoms with E-state index in [-0.39, 0.29) is 5.78 Å². The van der Waals surface area contributed by atoms with Gasteiger partial charge in [0.15, 0.2) is 5.78 Å². The quantitative estimate of drug-likeness (QED) is 0.408. The second-order valence-electron chi connectivity index (χ2n) is 5.09. The normalized spacial score (nSPS) is 10.5. The molecule has 0 amide bonds.